The van der Waals surface area contributed by atoms with E-state index in [1.54, 1.807) is 0 Å². The van der Waals surface area contributed by atoms with Crippen LogP contribution in [0.4, 0.5) is 0 Å². The Bertz CT molecular complexity index is 545. The number of hydrogen-bond acceptors (Lipinski definition) is 5. The van der Waals surface area contributed by atoms with Gasteiger partial charge >= 0.3 is 0 Å². The summed E-state index contributed by atoms with van der Waals surface area (Å²) in [5, 5.41) is 0. The third-order valence-electron chi connectivity index (χ3n) is 6.29. The van der Waals surface area contributed by atoms with Crippen LogP contribution in [0, 0.1) is 25.7 Å². The van der Waals surface area contributed by atoms with Gasteiger partial charge in [-0.25, -0.2) is 0 Å². The molecule has 0 spiro atoms. The quantitative estimate of drug-likeness (QED) is 0.839. The van der Waals surface area contributed by atoms with Gasteiger partial charge in [0.25, 0.3) is 0 Å². The molecule has 3 saturated heterocycles. The molecule has 3 aliphatic heterocycles. The van der Waals surface area contributed by atoms with Crippen LogP contribution in [-0.4, -0.2) is 80.3 Å². The first kappa shape index (κ1) is 16.6. The van der Waals surface area contributed by atoms with E-state index in [0.717, 1.165) is 43.7 Å². The zero-order chi connectivity index (χ0) is 16.7. The second-order valence-electron chi connectivity index (χ2n) is 8.01. The average molecular weight is 333 g/mol. The summed E-state index contributed by atoms with van der Waals surface area (Å²) < 4.78 is 11.9. The molecule has 24 heavy (non-hydrogen) atoms. The van der Waals surface area contributed by atoms with Crippen molar-refractivity contribution in [3.8, 4) is 0 Å². The Morgan fingerprint density at radius 2 is 1.88 bits per heavy atom. The third-order valence-corrected chi connectivity index (χ3v) is 6.29. The molecule has 3 fully saturated rings. The molecule has 0 aromatic carbocycles. The van der Waals surface area contributed by atoms with E-state index < -0.39 is 0 Å². The van der Waals surface area contributed by atoms with Crippen LogP contribution < -0.4 is 0 Å². The molecule has 0 unspecified atom stereocenters. The summed E-state index contributed by atoms with van der Waals surface area (Å²) in [5.41, 5.74) is 1.26. The largest absolute Gasteiger partial charge is 0.465 e. The number of aryl methyl sites for hydroxylation is 2. The number of likely N-dealkylation sites (tertiary alicyclic amines) is 1. The molecular formula is C19H31N3O2. The molecule has 1 aromatic heterocycles. The third kappa shape index (κ3) is 3.27. The molecule has 0 N–H and O–H groups in total. The standard InChI is InChI=1S/C19H31N3O2/c1-14-8-17(24-15(14)2)10-21-9-16-12-23-13-19(18(16)11-21)22-6-4-20(3)5-7-22/h8,16,18-19H,4-7,9-13H2,1-3H3/t16-,18-,19+/m0/s1. The van der Waals surface area contributed by atoms with Crippen LogP contribution >= 0.6 is 0 Å². The number of ether oxygens (including phenoxy) is 1. The van der Waals surface area contributed by atoms with Crippen LogP contribution in [-0.2, 0) is 11.3 Å². The van der Waals surface area contributed by atoms with Gasteiger partial charge in [0, 0.05) is 51.2 Å². The molecule has 0 amide bonds. The molecular weight excluding hydrogens is 302 g/mol. The van der Waals surface area contributed by atoms with Crippen molar-refractivity contribution < 1.29 is 9.15 Å². The van der Waals surface area contributed by atoms with Crippen molar-refractivity contribution in [2.45, 2.75) is 26.4 Å². The molecule has 3 aliphatic rings. The fourth-order valence-electron chi connectivity index (χ4n) is 4.67. The van der Waals surface area contributed by atoms with Crippen LogP contribution in [0.5, 0.6) is 0 Å². The van der Waals surface area contributed by atoms with Crippen molar-refractivity contribution in [2.75, 3.05) is 59.5 Å². The Morgan fingerprint density at radius 1 is 1.08 bits per heavy atom. The predicted octanol–water partition coefficient (Wildman–Crippen LogP) is 1.59. The number of nitrogens with zero attached hydrogens (tertiary/aromatic N) is 3. The minimum Gasteiger partial charge on any atom is -0.465 e. The molecule has 0 aliphatic carbocycles. The van der Waals surface area contributed by atoms with Crippen LogP contribution in [0.25, 0.3) is 0 Å². The maximum absolute atomic E-state index is 5.99. The van der Waals surface area contributed by atoms with E-state index >= 15 is 0 Å². The van der Waals surface area contributed by atoms with Gasteiger partial charge < -0.3 is 14.1 Å². The Morgan fingerprint density at radius 3 is 2.58 bits per heavy atom. The van der Waals surface area contributed by atoms with E-state index in [0.29, 0.717) is 12.0 Å². The number of likely N-dealkylation sites (N-methyl/N-ethyl adjacent to an activating group) is 1. The lowest BCUT2D eigenvalue weighted by Gasteiger charge is -2.44. The Balaban J connectivity index is 1.40. The van der Waals surface area contributed by atoms with Crippen LogP contribution in [0.2, 0.25) is 0 Å². The topological polar surface area (TPSA) is 32.1 Å². The van der Waals surface area contributed by atoms with Gasteiger partial charge in [-0.3, -0.25) is 9.80 Å². The van der Waals surface area contributed by atoms with Gasteiger partial charge in [0.15, 0.2) is 0 Å². The zero-order valence-corrected chi connectivity index (χ0v) is 15.3. The molecule has 0 bridgehead atoms. The fraction of sp³-hybridized carbons (Fsp3) is 0.789. The van der Waals surface area contributed by atoms with E-state index in [2.05, 4.69) is 41.7 Å². The summed E-state index contributed by atoms with van der Waals surface area (Å²) in [5.74, 6) is 3.60. The smallest absolute Gasteiger partial charge is 0.118 e. The lowest BCUT2D eigenvalue weighted by molar-refractivity contribution is -0.0485. The Hall–Kier alpha value is -0.880. The Kier molecular flexibility index (Phi) is 4.69. The van der Waals surface area contributed by atoms with Crippen molar-refractivity contribution >= 4 is 0 Å². The van der Waals surface area contributed by atoms with Crippen LogP contribution in [0.15, 0.2) is 10.5 Å². The van der Waals surface area contributed by atoms with E-state index in [1.807, 2.05) is 0 Å². The maximum atomic E-state index is 5.99. The van der Waals surface area contributed by atoms with Gasteiger partial charge in [-0.15, -0.1) is 0 Å². The van der Waals surface area contributed by atoms with Gasteiger partial charge in [0.1, 0.15) is 11.5 Å². The lowest BCUT2D eigenvalue weighted by Crippen LogP contribution is -2.56. The number of fused-ring (bicyclic) bond motifs is 1. The molecule has 0 saturated carbocycles. The monoisotopic (exact) mass is 333 g/mol. The number of furan rings is 1. The van der Waals surface area contributed by atoms with Crippen molar-refractivity contribution in [3.63, 3.8) is 0 Å². The minimum absolute atomic E-state index is 0.600. The average Bonchev–Trinajstić information content (AvgIpc) is 3.11. The van der Waals surface area contributed by atoms with Gasteiger partial charge in [-0.05, 0) is 38.4 Å². The molecule has 5 nitrogen and oxygen atoms in total. The highest BCUT2D eigenvalue weighted by molar-refractivity contribution is 5.18. The van der Waals surface area contributed by atoms with Crippen LogP contribution in [0.1, 0.15) is 17.1 Å². The van der Waals surface area contributed by atoms with Crippen molar-refractivity contribution in [1.82, 2.24) is 14.7 Å². The minimum atomic E-state index is 0.600. The number of hydrogen-bond donors (Lipinski definition) is 0. The van der Waals surface area contributed by atoms with Gasteiger partial charge in [0.2, 0.25) is 0 Å². The molecule has 3 atom stereocenters. The SMILES string of the molecule is Cc1cc(CN2C[C@H]3COC[C@@H](N4CCN(C)CC4)[C@H]3C2)oc1C. The highest BCUT2D eigenvalue weighted by atomic mass is 16.5. The highest BCUT2D eigenvalue weighted by Crippen LogP contribution is 2.34. The second-order valence-corrected chi connectivity index (χ2v) is 8.01. The molecule has 1 aromatic rings. The summed E-state index contributed by atoms with van der Waals surface area (Å²) in [7, 11) is 2.22. The van der Waals surface area contributed by atoms with E-state index in [4.69, 9.17) is 9.15 Å². The normalized spacial score (nSPS) is 33.0. The van der Waals surface area contributed by atoms with Gasteiger partial charge in [-0.2, -0.15) is 0 Å². The first-order valence-corrected chi connectivity index (χ1v) is 9.39. The molecule has 4 heterocycles. The first-order chi connectivity index (χ1) is 11.6. The van der Waals surface area contributed by atoms with Gasteiger partial charge in [-0.1, -0.05) is 0 Å². The molecule has 5 heteroatoms. The summed E-state index contributed by atoms with van der Waals surface area (Å²) in [6, 6.07) is 2.80. The summed E-state index contributed by atoms with van der Waals surface area (Å²) in [4.78, 5) is 7.69. The molecule has 0 radical (unpaired) electrons. The molecule has 4 rings (SSSR count). The van der Waals surface area contributed by atoms with Crippen molar-refractivity contribution in [3.05, 3.63) is 23.2 Å². The van der Waals surface area contributed by atoms with Crippen molar-refractivity contribution in [1.29, 1.82) is 0 Å². The predicted molar refractivity (Wildman–Crippen MR) is 94.1 cm³/mol. The van der Waals surface area contributed by atoms with Crippen molar-refractivity contribution in [2.24, 2.45) is 11.8 Å². The van der Waals surface area contributed by atoms with Crippen LogP contribution in [0.3, 0.4) is 0 Å². The summed E-state index contributed by atoms with van der Waals surface area (Å²) >= 11 is 0. The van der Waals surface area contributed by atoms with Gasteiger partial charge in [0.05, 0.1) is 19.8 Å². The Labute approximate surface area is 145 Å². The maximum Gasteiger partial charge on any atom is 0.118 e. The highest BCUT2D eigenvalue weighted by Gasteiger charge is 2.43. The lowest BCUT2D eigenvalue weighted by atomic mass is 9.86. The summed E-state index contributed by atoms with van der Waals surface area (Å²) in [6.45, 7) is 14.0. The first-order valence-electron chi connectivity index (χ1n) is 9.39. The van der Waals surface area contributed by atoms with E-state index in [-0.39, 0.29) is 0 Å². The second kappa shape index (κ2) is 6.79. The fourth-order valence-corrected chi connectivity index (χ4v) is 4.67. The van der Waals surface area contributed by atoms with E-state index in [1.165, 1.54) is 38.3 Å². The summed E-state index contributed by atoms with van der Waals surface area (Å²) in [6.07, 6.45) is 0. The molecule has 134 valence electrons. The van der Waals surface area contributed by atoms with E-state index in [9.17, 15) is 0 Å². The number of rotatable bonds is 3. The zero-order valence-electron chi connectivity index (χ0n) is 15.3. The number of piperazine rings is 1.